The summed E-state index contributed by atoms with van der Waals surface area (Å²) >= 11 is 0. The molecule has 3 rings (SSSR count). The average molecular weight is 759 g/mol. The summed E-state index contributed by atoms with van der Waals surface area (Å²) in [7, 11) is -9.27. The molecule has 52 heavy (non-hydrogen) atoms. The molecule has 0 spiro atoms. The number of hydrogen-bond acceptors (Lipinski definition) is 10. The second kappa shape index (κ2) is 22.7. The first-order valence-electron chi connectivity index (χ1n) is 18.1. The molecule has 10 nitrogen and oxygen atoms in total. The molecule has 0 N–H and O–H groups in total. The Hall–Kier alpha value is -3.34. The van der Waals surface area contributed by atoms with Crippen LogP contribution in [0, 0.1) is 0 Å². The molecule has 286 valence electrons. The van der Waals surface area contributed by atoms with E-state index in [2.05, 4.69) is 32.9 Å². The zero-order chi connectivity index (χ0) is 37.8. The second-order valence-electron chi connectivity index (χ2n) is 13.3. The molecule has 0 amide bonds. The number of allylic oxidation sites excluding steroid dienone is 6. The highest BCUT2D eigenvalue weighted by molar-refractivity contribution is 7.94. The van der Waals surface area contributed by atoms with Crippen LogP contribution in [0.25, 0.3) is 0 Å². The molecule has 1 atom stereocenters. The largest absolute Gasteiger partial charge is 0.434 e. The first kappa shape index (κ1) is 43.1. The minimum atomic E-state index is -4.72. The first-order chi connectivity index (χ1) is 24.9. The normalized spacial score (nSPS) is 15.2. The molecule has 1 unspecified atom stereocenters. The van der Waals surface area contributed by atoms with Gasteiger partial charge in [-0.05, 0) is 110 Å². The molecule has 0 aliphatic heterocycles. The van der Waals surface area contributed by atoms with Crippen LogP contribution < -0.4 is 0 Å². The van der Waals surface area contributed by atoms with E-state index in [9.17, 15) is 22.6 Å². The van der Waals surface area contributed by atoms with E-state index < -0.39 is 54.3 Å². The summed E-state index contributed by atoms with van der Waals surface area (Å²) in [5.41, 5.74) is 4.26. The Bertz CT molecular complexity index is 1580. The summed E-state index contributed by atoms with van der Waals surface area (Å²) in [6.45, 7) is 6.64. The van der Waals surface area contributed by atoms with Crippen molar-refractivity contribution in [2.45, 2.75) is 116 Å². The van der Waals surface area contributed by atoms with E-state index in [1.54, 1.807) is 36.4 Å². The number of unbranched alkanes of at least 4 members (excludes halogenated alkanes) is 1. The minimum absolute atomic E-state index is 0.140. The molecule has 1 fully saturated rings. The predicted molar refractivity (Wildman–Crippen MR) is 203 cm³/mol. The van der Waals surface area contributed by atoms with Gasteiger partial charge in [-0.15, -0.1) is 0 Å². The third-order valence-corrected chi connectivity index (χ3v) is 13.5. The molecule has 1 aliphatic carbocycles. The third kappa shape index (κ3) is 15.7. The third-order valence-electron chi connectivity index (χ3n) is 8.64. The van der Waals surface area contributed by atoms with Crippen LogP contribution in [-0.4, -0.2) is 45.0 Å². The van der Waals surface area contributed by atoms with Gasteiger partial charge in [-0.25, -0.2) is 9.59 Å². The second-order valence-corrected chi connectivity index (χ2v) is 17.6. The highest BCUT2D eigenvalue weighted by Crippen LogP contribution is 2.57. The van der Waals surface area contributed by atoms with Crippen molar-refractivity contribution in [1.82, 2.24) is 0 Å². The quantitative estimate of drug-likeness (QED) is 0.0285. The molecular weight excluding hydrogens is 703 g/mol. The summed E-state index contributed by atoms with van der Waals surface area (Å²) in [6, 6.07) is 16.2. The van der Waals surface area contributed by atoms with E-state index >= 15 is 0 Å². The lowest BCUT2D eigenvalue weighted by Crippen LogP contribution is -2.31. The molecule has 1 saturated carbocycles. The predicted octanol–water partition coefficient (Wildman–Crippen LogP) is 10.4. The van der Waals surface area contributed by atoms with Crippen molar-refractivity contribution in [3.05, 3.63) is 107 Å². The van der Waals surface area contributed by atoms with Gasteiger partial charge in [0.15, 0.2) is 4.99 Å². The van der Waals surface area contributed by atoms with Crippen LogP contribution in [0.1, 0.15) is 125 Å². The molecular formula is C40H55O10PS. The van der Waals surface area contributed by atoms with Crippen molar-refractivity contribution in [3.63, 3.8) is 0 Å². The van der Waals surface area contributed by atoms with E-state index in [1.165, 1.54) is 35.4 Å². The molecule has 0 aromatic heterocycles. The Morgan fingerprint density at radius 3 is 1.71 bits per heavy atom. The zero-order valence-electron chi connectivity index (χ0n) is 31.0. The molecule has 0 heterocycles. The smallest absolute Gasteiger partial charge is 0.357 e. The summed E-state index contributed by atoms with van der Waals surface area (Å²) < 4.78 is 69.6. The highest BCUT2D eigenvalue weighted by atomic mass is 32.2. The number of esters is 2. The van der Waals surface area contributed by atoms with E-state index in [0.29, 0.717) is 25.7 Å². The van der Waals surface area contributed by atoms with Crippen molar-refractivity contribution >= 4 is 29.7 Å². The fourth-order valence-corrected chi connectivity index (χ4v) is 9.92. The van der Waals surface area contributed by atoms with Gasteiger partial charge in [0, 0.05) is 0 Å². The Morgan fingerprint density at radius 2 is 1.21 bits per heavy atom. The standard InChI is InChI=1S/C40H55O10PS/c1-32(2)18-16-20-34(4)22-17-21-33(3)19-14-15-29-38(52(44,45)50-37-27-12-7-13-28-37)51(43,48-30-46-39(41)35-23-8-5-9-24-35)49-31-47-40(42)36-25-10-6-11-26-36/h5-6,8-11,18-19,22-26,37-38H,7,12-17,20-21,27-31H2,1-4H3/b33-19+,34-22+. The number of carbonyl (C=O) groups excluding carboxylic acids is 2. The van der Waals surface area contributed by atoms with Gasteiger partial charge in [-0.3, -0.25) is 17.8 Å². The van der Waals surface area contributed by atoms with Gasteiger partial charge < -0.3 is 9.47 Å². The van der Waals surface area contributed by atoms with Crippen LogP contribution in [0.3, 0.4) is 0 Å². The molecule has 0 saturated heterocycles. The van der Waals surface area contributed by atoms with Crippen molar-refractivity contribution in [3.8, 4) is 0 Å². The number of carbonyl (C=O) groups is 2. The molecule has 2 aromatic carbocycles. The van der Waals surface area contributed by atoms with Gasteiger partial charge >= 0.3 is 19.5 Å². The van der Waals surface area contributed by atoms with Gasteiger partial charge in [0.25, 0.3) is 10.1 Å². The van der Waals surface area contributed by atoms with E-state index in [1.807, 2.05) is 13.0 Å². The number of ether oxygens (including phenoxy) is 2. The Labute approximate surface area is 310 Å². The number of benzene rings is 2. The van der Waals surface area contributed by atoms with Crippen LogP contribution in [-0.2, 0) is 37.4 Å². The lowest BCUT2D eigenvalue weighted by atomic mass is 9.98. The molecule has 0 radical (unpaired) electrons. The SMILES string of the molecule is CC(C)=CCC/C(C)=C/CC/C(C)=C/CCCC(P(=O)(OCOC(=O)c1ccccc1)OCOC(=O)c1ccccc1)S(=O)(=O)OC1CCCCC1. The van der Waals surface area contributed by atoms with Gasteiger partial charge in [-0.2, -0.15) is 8.42 Å². The van der Waals surface area contributed by atoms with Crippen molar-refractivity contribution < 1.29 is 45.3 Å². The molecule has 12 heteroatoms. The fraction of sp³-hybridized carbons (Fsp3) is 0.500. The topological polar surface area (TPSA) is 131 Å². The van der Waals surface area contributed by atoms with Crippen LogP contribution >= 0.6 is 7.60 Å². The van der Waals surface area contributed by atoms with Crippen LogP contribution in [0.4, 0.5) is 0 Å². The summed E-state index contributed by atoms with van der Waals surface area (Å²) in [5, 5.41) is 0. The molecule has 1 aliphatic rings. The Kier molecular flexibility index (Phi) is 18.8. The highest BCUT2D eigenvalue weighted by Gasteiger charge is 2.47. The van der Waals surface area contributed by atoms with Crippen molar-refractivity contribution in [2.75, 3.05) is 13.6 Å². The van der Waals surface area contributed by atoms with Gasteiger partial charge in [0.2, 0.25) is 13.6 Å². The maximum atomic E-state index is 14.6. The van der Waals surface area contributed by atoms with Gasteiger partial charge in [0.1, 0.15) is 0 Å². The van der Waals surface area contributed by atoms with E-state index in [0.717, 1.165) is 50.5 Å². The Balaban J connectivity index is 1.76. The van der Waals surface area contributed by atoms with Crippen LogP contribution in [0.2, 0.25) is 0 Å². The number of rotatable bonds is 22. The number of hydrogen-bond donors (Lipinski definition) is 0. The fourth-order valence-electron chi connectivity index (χ4n) is 5.68. The van der Waals surface area contributed by atoms with Crippen molar-refractivity contribution in [1.29, 1.82) is 0 Å². The molecule has 0 bridgehead atoms. The first-order valence-corrected chi connectivity index (χ1v) is 21.2. The van der Waals surface area contributed by atoms with Crippen LogP contribution in [0.5, 0.6) is 0 Å². The van der Waals surface area contributed by atoms with E-state index in [-0.39, 0.29) is 17.5 Å². The summed E-state index contributed by atoms with van der Waals surface area (Å²) in [5.74, 6) is -1.53. The lowest BCUT2D eigenvalue weighted by molar-refractivity contribution is -0.00819. The maximum Gasteiger partial charge on any atom is 0.357 e. The lowest BCUT2D eigenvalue weighted by Gasteiger charge is -2.28. The molecule has 2 aromatic rings. The van der Waals surface area contributed by atoms with E-state index in [4.69, 9.17) is 22.7 Å². The van der Waals surface area contributed by atoms with Crippen molar-refractivity contribution in [2.24, 2.45) is 0 Å². The van der Waals surface area contributed by atoms with Gasteiger partial charge in [0.05, 0.1) is 17.2 Å². The summed E-state index contributed by atoms with van der Waals surface area (Å²) in [4.78, 5) is 23.5. The van der Waals surface area contributed by atoms with Gasteiger partial charge in [-0.1, -0.05) is 90.6 Å². The average Bonchev–Trinajstić information content (AvgIpc) is 3.12. The minimum Gasteiger partial charge on any atom is -0.434 e. The van der Waals surface area contributed by atoms with Crippen LogP contribution in [0.15, 0.2) is 95.6 Å². The Morgan fingerprint density at radius 1 is 0.731 bits per heavy atom. The maximum absolute atomic E-state index is 14.6. The summed E-state index contributed by atoms with van der Waals surface area (Å²) in [6.07, 6.45) is 14.2. The monoisotopic (exact) mass is 758 g/mol. The zero-order valence-corrected chi connectivity index (χ0v) is 32.7.